The molecule has 0 amide bonds. The highest BCUT2D eigenvalue weighted by atomic mass is 32.2. The van der Waals surface area contributed by atoms with Gasteiger partial charge in [0.15, 0.2) is 5.16 Å². The second-order valence-corrected chi connectivity index (χ2v) is 6.55. The molecule has 0 spiro atoms. The second kappa shape index (κ2) is 4.87. The van der Waals surface area contributed by atoms with Crippen LogP contribution in [0.2, 0.25) is 0 Å². The molecule has 18 heavy (non-hydrogen) atoms. The number of nitrogens with zero attached hydrogens (tertiary/aromatic N) is 3. The average Bonchev–Trinajstić information content (AvgIpc) is 2.88. The molecule has 1 N–H and O–H groups in total. The number of thiazole rings is 1. The molecule has 0 aliphatic carbocycles. The van der Waals surface area contributed by atoms with Crippen LogP contribution in [-0.2, 0) is 0 Å². The third-order valence-corrected chi connectivity index (χ3v) is 4.69. The molecular weight excluding hydrogens is 264 g/mol. The SMILES string of the molecule is C[NH+](C)CCSc1nnc2sc3ccccc3n12. The summed E-state index contributed by atoms with van der Waals surface area (Å²) in [6.07, 6.45) is 0. The van der Waals surface area contributed by atoms with E-state index < -0.39 is 0 Å². The first-order valence-electron chi connectivity index (χ1n) is 5.90. The number of hydrogen-bond donors (Lipinski definition) is 1. The quantitative estimate of drug-likeness (QED) is 0.728. The van der Waals surface area contributed by atoms with Crippen LogP contribution in [-0.4, -0.2) is 41.0 Å². The number of benzene rings is 1. The summed E-state index contributed by atoms with van der Waals surface area (Å²) in [6.45, 7) is 1.13. The van der Waals surface area contributed by atoms with Crippen molar-refractivity contribution in [2.24, 2.45) is 0 Å². The Hall–Kier alpha value is -1.11. The van der Waals surface area contributed by atoms with E-state index in [4.69, 9.17) is 0 Å². The van der Waals surface area contributed by atoms with Crippen LogP contribution >= 0.6 is 23.1 Å². The lowest BCUT2D eigenvalue weighted by Crippen LogP contribution is -3.06. The Labute approximate surface area is 114 Å². The molecule has 0 unspecified atom stereocenters. The van der Waals surface area contributed by atoms with Gasteiger partial charge >= 0.3 is 0 Å². The normalized spacial score (nSPS) is 11.9. The fraction of sp³-hybridized carbons (Fsp3) is 0.333. The Morgan fingerprint density at radius 2 is 2.11 bits per heavy atom. The van der Waals surface area contributed by atoms with Gasteiger partial charge in [0.25, 0.3) is 0 Å². The maximum absolute atomic E-state index is 4.28. The number of rotatable bonds is 4. The zero-order valence-electron chi connectivity index (χ0n) is 10.4. The summed E-state index contributed by atoms with van der Waals surface area (Å²) in [5.41, 5.74) is 1.21. The smallest absolute Gasteiger partial charge is 0.217 e. The molecular formula is C12H15N4S2+. The summed E-state index contributed by atoms with van der Waals surface area (Å²) >= 11 is 3.47. The lowest BCUT2D eigenvalue weighted by molar-refractivity contribution is -0.855. The van der Waals surface area contributed by atoms with Crippen molar-refractivity contribution in [2.45, 2.75) is 5.16 Å². The third-order valence-electron chi connectivity index (χ3n) is 2.74. The molecule has 3 aromatic rings. The number of thioether (sulfide) groups is 1. The van der Waals surface area contributed by atoms with Crippen LogP contribution in [0.25, 0.3) is 15.2 Å². The van der Waals surface area contributed by atoms with E-state index in [-0.39, 0.29) is 0 Å². The molecule has 0 fully saturated rings. The van der Waals surface area contributed by atoms with E-state index in [0.29, 0.717) is 0 Å². The minimum Gasteiger partial charge on any atom is -0.339 e. The van der Waals surface area contributed by atoms with Crippen molar-refractivity contribution in [1.29, 1.82) is 0 Å². The minimum atomic E-state index is 0.982. The molecule has 1 aromatic carbocycles. The van der Waals surface area contributed by atoms with Crippen LogP contribution in [0.1, 0.15) is 0 Å². The number of quaternary nitrogens is 1. The summed E-state index contributed by atoms with van der Waals surface area (Å²) in [5, 5.41) is 9.54. The first-order chi connectivity index (χ1) is 8.75. The van der Waals surface area contributed by atoms with Crippen molar-refractivity contribution in [3.63, 3.8) is 0 Å². The Kier molecular flexibility index (Phi) is 3.23. The fourth-order valence-corrected chi connectivity index (χ4v) is 3.92. The highest BCUT2D eigenvalue weighted by Crippen LogP contribution is 2.29. The lowest BCUT2D eigenvalue weighted by atomic mass is 10.3. The average molecular weight is 279 g/mol. The summed E-state index contributed by atoms with van der Waals surface area (Å²) in [6, 6.07) is 8.39. The van der Waals surface area contributed by atoms with Gasteiger partial charge in [-0.05, 0) is 12.1 Å². The number of para-hydroxylation sites is 1. The number of aromatic nitrogens is 3. The molecule has 2 aromatic heterocycles. The number of nitrogens with one attached hydrogen (secondary N) is 1. The third kappa shape index (κ3) is 2.11. The van der Waals surface area contributed by atoms with Gasteiger partial charge in [-0.15, -0.1) is 10.2 Å². The van der Waals surface area contributed by atoms with E-state index in [1.54, 1.807) is 23.1 Å². The predicted molar refractivity (Wildman–Crippen MR) is 76.8 cm³/mol. The number of fused-ring (bicyclic) bond motifs is 3. The zero-order valence-corrected chi connectivity index (χ0v) is 12.0. The molecule has 0 aliphatic rings. The first kappa shape index (κ1) is 12.0. The minimum absolute atomic E-state index is 0.982. The van der Waals surface area contributed by atoms with Crippen LogP contribution in [0.4, 0.5) is 0 Å². The van der Waals surface area contributed by atoms with Crippen molar-refractivity contribution < 1.29 is 4.90 Å². The zero-order chi connectivity index (χ0) is 12.5. The molecule has 0 saturated heterocycles. The maximum atomic E-state index is 4.28. The standard InChI is InChI=1S/C12H14N4S2/c1-15(2)7-8-17-11-13-14-12-16(11)9-5-3-4-6-10(9)18-12/h3-6H,7-8H2,1-2H3/p+1. The molecule has 94 valence electrons. The molecule has 0 radical (unpaired) electrons. The maximum Gasteiger partial charge on any atom is 0.217 e. The van der Waals surface area contributed by atoms with Gasteiger partial charge in [0.2, 0.25) is 4.96 Å². The van der Waals surface area contributed by atoms with Crippen LogP contribution in [0.15, 0.2) is 29.4 Å². The predicted octanol–water partition coefficient (Wildman–Crippen LogP) is 1.18. The monoisotopic (exact) mass is 279 g/mol. The van der Waals surface area contributed by atoms with E-state index in [1.165, 1.54) is 15.1 Å². The Balaban J connectivity index is 1.96. The summed E-state index contributed by atoms with van der Waals surface area (Å²) in [4.78, 5) is 2.44. The van der Waals surface area contributed by atoms with Gasteiger partial charge in [-0.2, -0.15) is 0 Å². The Morgan fingerprint density at radius 1 is 1.28 bits per heavy atom. The molecule has 0 saturated carbocycles. The van der Waals surface area contributed by atoms with Crippen LogP contribution in [0.5, 0.6) is 0 Å². The second-order valence-electron chi connectivity index (χ2n) is 4.48. The van der Waals surface area contributed by atoms with Crippen LogP contribution < -0.4 is 4.90 Å². The van der Waals surface area contributed by atoms with E-state index in [1.807, 2.05) is 0 Å². The summed E-state index contributed by atoms with van der Waals surface area (Å²) < 4.78 is 3.43. The molecule has 2 heterocycles. The van der Waals surface area contributed by atoms with E-state index in [0.717, 1.165) is 22.4 Å². The Morgan fingerprint density at radius 3 is 2.94 bits per heavy atom. The van der Waals surface area contributed by atoms with Crippen molar-refractivity contribution in [3.8, 4) is 0 Å². The van der Waals surface area contributed by atoms with Gasteiger partial charge < -0.3 is 4.90 Å². The van der Waals surface area contributed by atoms with E-state index >= 15 is 0 Å². The summed E-state index contributed by atoms with van der Waals surface area (Å²) in [5.74, 6) is 1.06. The van der Waals surface area contributed by atoms with Gasteiger partial charge in [-0.3, -0.25) is 4.40 Å². The van der Waals surface area contributed by atoms with Gasteiger partial charge in [-0.25, -0.2) is 0 Å². The topological polar surface area (TPSA) is 34.6 Å². The van der Waals surface area contributed by atoms with E-state index in [9.17, 15) is 0 Å². The largest absolute Gasteiger partial charge is 0.339 e. The van der Waals surface area contributed by atoms with Crippen molar-refractivity contribution >= 4 is 38.3 Å². The molecule has 6 heteroatoms. The van der Waals surface area contributed by atoms with Gasteiger partial charge in [0.05, 0.1) is 36.6 Å². The van der Waals surface area contributed by atoms with Gasteiger partial charge in [-0.1, -0.05) is 35.2 Å². The molecule has 0 atom stereocenters. The lowest BCUT2D eigenvalue weighted by Gasteiger charge is -2.05. The van der Waals surface area contributed by atoms with Gasteiger partial charge in [0.1, 0.15) is 0 Å². The highest BCUT2D eigenvalue weighted by molar-refractivity contribution is 7.99. The van der Waals surface area contributed by atoms with Crippen LogP contribution in [0, 0.1) is 0 Å². The molecule has 4 nitrogen and oxygen atoms in total. The van der Waals surface area contributed by atoms with Gasteiger partial charge in [0, 0.05) is 0 Å². The number of hydrogen-bond acceptors (Lipinski definition) is 4. The molecule has 0 aliphatic heterocycles. The molecule has 0 bridgehead atoms. The fourth-order valence-electron chi connectivity index (χ4n) is 1.80. The Bertz CT molecular complexity index is 671. The highest BCUT2D eigenvalue weighted by Gasteiger charge is 2.12. The van der Waals surface area contributed by atoms with Crippen molar-refractivity contribution in [2.75, 3.05) is 26.4 Å². The summed E-state index contributed by atoms with van der Waals surface area (Å²) in [7, 11) is 4.33. The van der Waals surface area contributed by atoms with Crippen LogP contribution in [0.3, 0.4) is 0 Å². The van der Waals surface area contributed by atoms with Crippen molar-refractivity contribution in [3.05, 3.63) is 24.3 Å². The molecule has 3 rings (SSSR count). The first-order valence-corrected chi connectivity index (χ1v) is 7.70. The van der Waals surface area contributed by atoms with E-state index in [2.05, 4.69) is 53.0 Å². The van der Waals surface area contributed by atoms with Crippen molar-refractivity contribution in [1.82, 2.24) is 14.6 Å².